The number of rotatable bonds is 14. The molecule has 0 aromatic heterocycles. The lowest BCUT2D eigenvalue weighted by atomic mass is 9.93. The van der Waals surface area contributed by atoms with Crippen LogP contribution < -0.4 is 14.8 Å². The molecular formula is C31H51N3O7. The van der Waals surface area contributed by atoms with Gasteiger partial charge in [-0.25, -0.2) is 4.79 Å². The van der Waals surface area contributed by atoms with Crippen molar-refractivity contribution in [3.8, 4) is 11.5 Å². The van der Waals surface area contributed by atoms with Crippen molar-refractivity contribution in [2.45, 2.75) is 104 Å². The fourth-order valence-electron chi connectivity index (χ4n) is 4.96. The number of nitrogens with one attached hydrogen (secondary N) is 1. The van der Waals surface area contributed by atoms with Crippen molar-refractivity contribution in [3.63, 3.8) is 0 Å². The molecule has 232 valence electrons. The van der Waals surface area contributed by atoms with Crippen LogP contribution in [-0.4, -0.2) is 92.0 Å². The number of hydrogen-bond acceptors (Lipinski definition) is 7. The number of methoxy groups -OCH3 is 2. The summed E-state index contributed by atoms with van der Waals surface area (Å²) < 4.78 is 22.2. The highest BCUT2D eigenvalue weighted by atomic mass is 16.6. The molecule has 0 aliphatic carbocycles. The normalized spacial score (nSPS) is 17.2. The van der Waals surface area contributed by atoms with E-state index in [1.165, 1.54) is 0 Å². The second-order valence-corrected chi connectivity index (χ2v) is 11.8. The number of nitrogens with zero attached hydrogens (tertiary/aromatic N) is 2. The van der Waals surface area contributed by atoms with Crippen LogP contribution in [0.1, 0.15) is 90.4 Å². The smallest absolute Gasteiger partial charge is 0.410 e. The monoisotopic (exact) mass is 577 g/mol. The predicted molar refractivity (Wildman–Crippen MR) is 159 cm³/mol. The molecule has 0 saturated carbocycles. The molecule has 0 bridgehead atoms. The zero-order valence-corrected chi connectivity index (χ0v) is 26.3. The average molecular weight is 578 g/mol. The Morgan fingerprint density at radius 2 is 1.80 bits per heavy atom. The van der Waals surface area contributed by atoms with Gasteiger partial charge in [-0.1, -0.05) is 13.3 Å². The topological polar surface area (TPSA) is 107 Å². The maximum atomic E-state index is 13.9. The van der Waals surface area contributed by atoms with Crippen LogP contribution in [-0.2, 0) is 14.3 Å². The van der Waals surface area contributed by atoms with Crippen molar-refractivity contribution in [1.29, 1.82) is 0 Å². The molecule has 1 aliphatic rings. The molecule has 1 aromatic carbocycles. The lowest BCUT2D eigenvalue weighted by molar-refractivity contribution is -0.122. The third kappa shape index (κ3) is 10.7. The first-order valence-electron chi connectivity index (χ1n) is 14.8. The molecule has 1 heterocycles. The Balaban J connectivity index is 2.28. The van der Waals surface area contributed by atoms with Crippen molar-refractivity contribution >= 4 is 17.9 Å². The number of carbonyl (C=O) groups is 3. The molecule has 1 aliphatic heterocycles. The largest absolute Gasteiger partial charge is 0.493 e. The summed E-state index contributed by atoms with van der Waals surface area (Å²) in [5.74, 6) is 0.799. The van der Waals surface area contributed by atoms with E-state index in [1.807, 2.05) is 39.5 Å². The lowest BCUT2D eigenvalue weighted by Crippen LogP contribution is -2.58. The van der Waals surface area contributed by atoms with Gasteiger partial charge in [0.15, 0.2) is 11.5 Å². The fraction of sp³-hybridized carbons (Fsp3) is 0.710. The summed E-state index contributed by atoms with van der Waals surface area (Å²) in [6, 6.07) is 4.49. The summed E-state index contributed by atoms with van der Waals surface area (Å²) >= 11 is 0. The first-order valence-corrected chi connectivity index (χ1v) is 14.8. The van der Waals surface area contributed by atoms with E-state index in [-0.39, 0.29) is 42.9 Å². The zero-order valence-electron chi connectivity index (χ0n) is 26.3. The number of unbranched alkanes of at least 4 members (excludes halogenated alkanes) is 1. The zero-order chi connectivity index (χ0) is 30.6. The molecule has 3 amide bonds. The van der Waals surface area contributed by atoms with Crippen molar-refractivity contribution in [3.05, 3.63) is 23.8 Å². The number of benzene rings is 1. The maximum absolute atomic E-state index is 13.9. The van der Waals surface area contributed by atoms with Gasteiger partial charge in [0.05, 0.1) is 19.8 Å². The van der Waals surface area contributed by atoms with Gasteiger partial charge in [0.2, 0.25) is 5.91 Å². The molecule has 2 atom stereocenters. The minimum Gasteiger partial charge on any atom is -0.493 e. The molecule has 0 unspecified atom stereocenters. The van der Waals surface area contributed by atoms with Gasteiger partial charge in [-0.05, 0) is 72.1 Å². The third-order valence-corrected chi connectivity index (χ3v) is 6.93. The van der Waals surface area contributed by atoms with Gasteiger partial charge in [0.25, 0.3) is 5.91 Å². The molecule has 1 saturated heterocycles. The Morgan fingerprint density at radius 3 is 2.41 bits per heavy atom. The SMILES string of the molecule is CCCCNC(=O)C[C@@H]1CC[C@@H](N(C(=O)c2ccc(OC)c(OCCCOC)c2)C(C)C)CN1C(=O)OC(C)(C)C. The Bertz CT molecular complexity index is 992. The predicted octanol–water partition coefficient (Wildman–Crippen LogP) is 5.04. The number of piperidine rings is 1. The molecule has 1 aromatic rings. The van der Waals surface area contributed by atoms with Gasteiger partial charge < -0.3 is 34.1 Å². The van der Waals surface area contributed by atoms with Gasteiger partial charge in [-0.15, -0.1) is 0 Å². The minimum absolute atomic E-state index is 0.0801. The van der Waals surface area contributed by atoms with Gasteiger partial charge in [-0.3, -0.25) is 9.59 Å². The molecule has 0 spiro atoms. The van der Waals surface area contributed by atoms with Crippen LogP contribution in [0.4, 0.5) is 4.79 Å². The Kier molecular flexibility index (Phi) is 13.7. The number of hydrogen-bond donors (Lipinski definition) is 1. The van der Waals surface area contributed by atoms with E-state index < -0.39 is 11.7 Å². The lowest BCUT2D eigenvalue weighted by Gasteiger charge is -2.45. The Morgan fingerprint density at radius 1 is 1.07 bits per heavy atom. The number of amides is 3. The van der Waals surface area contributed by atoms with Crippen LogP contribution >= 0.6 is 0 Å². The second-order valence-electron chi connectivity index (χ2n) is 11.8. The van der Waals surface area contributed by atoms with E-state index in [0.29, 0.717) is 56.1 Å². The van der Waals surface area contributed by atoms with Crippen LogP contribution in [0, 0.1) is 0 Å². The molecule has 1 N–H and O–H groups in total. The highest BCUT2D eigenvalue weighted by Gasteiger charge is 2.39. The second kappa shape index (κ2) is 16.4. The van der Waals surface area contributed by atoms with Crippen LogP contribution in [0.2, 0.25) is 0 Å². The van der Waals surface area contributed by atoms with Crippen LogP contribution in [0.25, 0.3) is 0 Å². The molecular weight excluding hydrogens is 526 g/mol. The van der Waals surface area contributed by atoms with Crippen molar-refractivity contribution < 1.29 is 33.3 Å². The molecule has 0 radical (unpaired) electrons. The summed E-state index contributed by atoms with van der Waals surface area (Å²) in [6.45, 7) is 13.4. The van der Waals surface area contributed by atoms with E-state index in [0.717, 1.165) is 12.8 Å². The molecule has 10 nitrogen and oxygen atoms in total. The Labute approximate surface area is 246 Å². The highest BCUT2D eigenvalue weighted by molar-refractivity contribution is 5.95. The first-order chi connectivity index (χ1) is 19.4. The van der Waals surface area contributed by atoms with Crippen LogP contribution in [0.5, 0.6) is 11.5 Å². The highest BCUT2D eigenvalue weighted by Crippen LogP contribution is 2.31. The van der Waals surface area contributed by atoms with Gasteiger partial charge in [0.1, 0.15) is 5.60 Å². The maximum Gasteiger partial charge on any atom is 0.410 e. The van der Waals surface area contributed by atoms with E-state index in [4.69, 9.17) is 18.9 Å². The first kappa shape index (κ1) is 34.2. The van der Waals surface area contributed by atoms with Gasteiger partial charge >= 0.3 is 6.09 Å². The third-order valence-electron chi connectivity index (χ3n) is 6.93. The van der Waals surface area contributed by atoms with Gasteiger partial charge in [0, 0.05) is 57.3 Å². The summed E-state index contributed by atoms with van der Waals surface area (Å²) in [4.78, 5) is 43.4. The van der Waals surface area contributed by atoms with E-state index >= 15 is 0 Å². The fourth-order valence-corrected chi connectivity index (χ4v) is 4.96. The van der Waals surface area contributed by atoms with Crippen molar-refractivity contribution in [2.75, 3.05) is 40.5 Å². The summed E-state index contributed by atoms with van der Waals surface area (Å²) in [7, 11) is 3.20. The molecule has 2 rings (SSSR count). The quantitative estimate of drug-likeness (QED) is 0.309. The Hall–Kier alpha value is -3.01. The molecule has 1 fully saturated rings. The van der Waals surface area contributed by atoms with Crippen molar-refractivity contribution in [2.24, 2.45) is 0 Å². The summed E-state index contributed by atoms with van der Waals surface area (Å²) in [5, 5.41) is 2.96. The van der Waals surface area contributed by atoms with Crippen LogP contribution in [0.15, 0.2) is 18.2 Å². The standard InChI is InChI=1S/C31H51N3O7/c1-9-10-16-32-28(35)20-24-13-14-25(21-33(24)30(37)41-31(4,5)6)34(22(2)3)29(36)23-12-15-26(39-8)27(19-23)40-18-11-17-38-7/h12,15,19,22,24-25H,9-11,13-14,16-18,20-21H2,1-8H3,(H,32,35)/t24-,25+/m0/s1. The van der Waals surface area contributed by atoms with Crippen LogP contribution in [0.3, 0.4) is 0 Å². The summed E-state index contributed by atoms with van der Waals surface area (Å²) in [5.41, 5.74) is -0.212. The molecule has 10 heteroatoms. The average Bonchev–Trinajstić information content (AvgIpc) is 2.90. The summed E-state index contributed by atoms with van der Waals surface area (Å²) in [6.07, 6.45) is 3.57. The number of ether oxygens (including phenoxy) is 4. The van der Waals surface area contributed by atoms with E-state index in [9.17, 15) is 14.4 Å². The number of carbonyl (C=O) groups excluding carboxylic acids is 3. The number of likely N-dealkylation sites (tertiary alicyclic amines) is 1. The van der Waals surface area contributed by atoms with E-state index in [1.54, 1.807) is 37.3 Å². The van der Waals surface area contributed by atoms with Gasteiger partial charge in [-0.2, -0.15) is 0 Å². The minimum atomic E-state index is -0.686. The molecule has 41 heavy (non-hydrogen) atoms. The van der Waals surface area contributed by atoms with E-state index in [2.05, 4.69) is 12.2 Å². The van der Waals surface area contributed by atoms with Crippen molar-refractivity contribution in [1.82, 2.24) is 15.1 Å².